The summed E-state index contributed by atoms with van der Waals surface area (Å²) >= 11 is 0. The molecule has 144 valence electrons. The second kappa shape index (κ2) is 8.54. The molecule has 0 aromatic heterocycles. The number of carbonyl (C=O) groups excluding carboxylic acids is 1. The number of hydrogen-bond donors (Lipinski definition) is 3. The summed E-state index contributed by atoms with van der Waals surface area (Å²) in [5, 5.41) is 13.4. The molecule has 0 atom stereocenters. The first-order chi connectivity index (χ1) is 12.3. The van der Waals surface area contributed by atoms with Crippen molar-refractivity contribution in [2.45, 2.75) is 17.7 Å². The van der Waals surface area contributed by atoms with E-state index in [0.29, 0.717) is 26.1 Å². The Morgan fingerprint density at radius 3 is 2.62 bits per heavy atom. The van der Waals surface area contributed by atoms with Gasteiger partial charge in [-0.05, 0) is 18.9 Å². The van der Waals surface area contributed by atoms with E-state index in [-0.39, 0.29) is 36.1 Å². The van der Waals surface area contributed by atoms with E-state index in [1.807, 2.05) is 0 Å². The Balaban J connectivity index is 1.89. The van der Waals surface area contributed by atoms with Gasteiger partial charge in [-0.25, -0.2) is 13.1 Å². The van der Waals surface area contributed by atoms with Crippen LogP contribution in [0.2, 0.25) is 0 Å². The number of nitrogens with one attached hydrogen (secondary N) is 2. The van der Waals surface area contributed by atoms with Crippen molar-refractivity contribution in [2.24, 2.45) is 11.1 Å². The second-order valence-corrected chi connectivity index (χ2v) is 7.77. The molecular formula is C15H22N4O6S. The van der Waals surface area contributed by atoms with Crippen molar-refractivity contribution in [1.29, 1.82) is 0 Å². The molecule has 10 nitrogen and oxygen atoms in total. The molecule has 1 aliphatic rings. The molecule has 1 heterocycles. The molecule has 1 aliphatic heterocycles. The molecule has 0 unspecified atom stereocenters. The van der Waals surface area contributed by atoms with Crippen LogP contribution >= 0.6 is 0 Å². The summed E-state index contributed by atoms with van der Waals surface area (Å²) in [6.45, 7) is 1.15. The van der Waals surface area contributed by atoms with Crippen LogP contribution in [0.3, 0.4) is 0 Å². The van der Waals surface area contributed by atoms with Crippen molar-refractivity contribution in [3.63, 3.8) is 0 Å². The number of sulfonamides is 1. The van der Waals surface area contributed by atoms with Gasteiger partial charge in [-0.3, -0.25) is 14.9 Å². The highest BCUT2D eigenvalue weighted by molar-refractivity contribution is 7.89. The van der Waals surface area contributed by atoms with E-state index >= 15 is 0 Å². The number of carbonyl (C=O) groups is 1. The predicted octanol–water partition coefficient (Wildman–Crippen LogP) is -0.255. The maximum Gasteiger partial charge on any atom is 0.270 e. The summed E-state index contributed by atoms with van der Waals surface area (Å²) in [7, 11) is -3.91. The first-order valence-electron chi connectivity index (χ1n) is 8.11. The maximum absolute atomic E-state index is 12.4. The number of rotatable bonds is 8. The minimum Gasteiger partial charge on any atom is -0.381 e. The van der Waals surface area contributed by atoms with E-state index in [9.17, 15) is 23.3 Å². The Kier molecular flexibility index (Phi) is 6.64. The molecule has 0 radical (unpaired) electrons. The highest BCUT2D eigenvalue weighted by atomic mass is 32.2. The fourth-order valence-electron chi connectivity index (χ4n) is 2.68. The van der Waals surface area contributed by atoms with E-state index < -0.39 is 20.4 Å². The van der Waals surface area contributed by atoms with E-state index in [4.69, 9.17) is 10.5 Å². The molecule has 11 heteroatoms. The topological polar surface area (TPSA) is 154 Å². The number of nitrogens with two attached hydrogens (primary N) is 1. The third-order valence-electron chi connectivity index (χ3n) is 4.36. The lowest BCUT2D eigenvalue weighted by molar-refractivity contribution is -0.385. The number of nitro benzene ring substituents is 1. The van der Waals surface area contributed by atoms with E-state index in [1.165, 1.54) is 18.2 Å². The Hall–Kier alpha value is -2.08. The standard InChI is InChI=1S/C15H22N4O6S/c16-11-15(4-8-25-9-5-15)14(20)17-6-7-18-26(23,24)13-3-1-2-12(10-13)19(21)22/h1-3,10,18H,4-9,11,16H2,(H,17,20). The Morgan fingerprint density at radius 1 is 1.31 bits per heavy atom. The molecule has 1 aromatic rings. The van der Waals surface area contributed by atoms with Crippen LogP contribution in [0.1, 0.15) is 12.8 Å². The number of amides is 1. The van der Waals surface area contributed by atoms with Crippen LogP contribution in [0.5, 0.6) is 0 Å². The quantitative estimate of drug-likeness (QED) is 0.316. The summed E-state index contributed by atoms with van der Waals surface area (Å²) < 4.78 is 31.9. The van der Waals surface area contributed by atoms with Crippen LogP contribution in [0.4, 0.5) is 5.69 Å². The molecule has 26 heavy (non-hydrogen) atoms. The summed E-state index contributed by atoms with van der Waals surface area (Å²) in [4.78, 5) is 22.2. The highest BCUT2D eigenvalue weighted by Gasteiger charge is 2.38. The van der Waals surface area contributed by atoms with Crippen LogP contribution in [-0.4, -0.2) is 52.1 Å². The van der Waals surface area contributed by atoms with Crippen molar-refractivity contribution in [3.05, 3.63) is 34.4 Å². The van der Waals surface area contributed by atoms with Gasteiger partial charge >= 0.3 is 0 Å². The molecule has 1 aromatic carbocycles. The second-order valence-electron chi connectivity index (χ2n) is 6.00. The molecule has 1 amide bonds. The lowest BCUT2D eigenvalue weighted by Crippen LogP contribution is -2.50. The SMILES string of the molecule is NCC1(C(=O)NCCNS(=O)(=O)c2cccc([N+](=O)[O-])c2)CCOCC1. The van der Waals surface area contributed by atoms with Crippen molar-refractivity contribution >= 4 is 21.6 Å². The fourth-order valence-corrected chi connectivity index (χ4v) is 3.75. The predicted molar refractivity (Wildman–Crippen MR) is 92.8 cm³/mol. The fraction of sp³-hybridized carbons (Fsp3) is 0.533. The number of nitrogens with zero attached hydrogens (tertiary/aromatic N) is 1. The Labute approximate surface area is 151 Å². The average Bonchev–Trinajstić information content (AvgIpc) is 2.65. The van der Waals surface area contributed by atoms with Gasteiger partial charge in [0.25, 0.3) is 5.69 Å². The number of benzene rings is 1. The van der Waals surface area contributed by atoms with Gasteiger partial charge in [0.2, 0.25) is 15.9 Å². The Morgan fingerprint density at radius 2 is 2.00 bits per heavy atom. The Bertz CT molecular complexity index is 761. The molecule has 1 saturated heterocycles. The molecule has 0 aliphatic carbocycles. The van der Waals surface area contributed by atoms with Gasteiger partial charge in [0.15, 0.2) is 0 Å². The zero-order chi connectivity index (χ0) is 19.2. The zero-order valence-corrected chi connectivity index (χ0v) is 15.0. The van der Waals surface area contributed by atoms with Gasteiger partial charge in [0.1, 0.15) is 0 Å². The molecule has 4 N–H and O–H groups in total. The van der Waals surface area contributed by atoms with Gasteiger partial charge in [0.05, 0.1) is 15.2 Å². The lowest BCUT2D eigenvalue weighted by atomic mass is 9.79. The molecule has 1 fully saturated rings. The number of hydrogen-bond acceptors (Lipinski definition) is 7. The smallest absolute Gasteiger partial charge is 0.270 e. The molecule has 0 saturated carbocycles. The van der Waals surface area contributed by atoms with Crippen molar-refractivity contribution in [1.82, 2.24) is 10.0 Å². The van der Waals surface area contributed by atoms with Crippen LogP contribution in [-0.2, 0) is 19.6 Å². The zero-order valence-electron chi connectivity index (χ0n) is 14.1. The van der Waals surface area contributed by atoms with Crippen LogP contribution < -0.4 is 15.8 Å². The maximum atomic E-state index is 12.4. The molecule has 0 bridgehead atoms. The molecule has 0 spiro atoms. The normalized spacial score (nSPS) is 16.8. The van der Waals surface area contributed by atoms with E-state index in [2.05, 4.69) is 10.0 Å². The lowest BCUT2D eigenvalue weighted by Gasteiger charge is -2.34. The highest BCUT2D eigenvalue weighted by Crippen LogP contribution is 2.29. The average molecular weight is 386 g/mol. The summed E-state index contributed by atoms with van der Waals surface area (Å²) in [6.07, 6.45) is 1.05. The summed E-state index contributed by atoms with van der Waals surface area (Å²) in [5.41, 5.74) is 4.75. The van der Waals surface area contributed by atoms with Gasteiger partial charge < -0.3 is 15.8 Å². The minimum atomic E-state index is -3.91. The van der Waals surface area contributed by atoms with Gasteiger partial charge in [-0.1, -0.05) is 6.07 Å². The van der Waals surface area contributed by atoms with Crippen LogP contribution in [0.25, 0.3) is 0 Å². The number of ether oxygens (including phenoxy) is 1. The van der Waals surface area contributed by atoms with Gasteiger partial charge in [0, 0.05) is 45.0 Å². The first-order valence-corrected chi connectivity index (χ1v) is 9.59. The third-order valence-corrected chi connectivity index (χ3v) is 5.82. The minimum absolute atomic E-state index is 0.0477. The van der Waals surface area contributed by atoms with E-state index in [0.717, 1.165) is 6.07 Å². The summed E-state index contributed by atoms with van der Waals surface area (Å²) in [5.74, 6) is -0.224. The van der Waals surface area contributed by atoms with Crippen LogP contribution in [0.15, 0.2) is 29.2 Å². The van der Waals surface area contributed by atoms with Crippen LogP contribution in [0, 0.1) is 15.5 Å². The monoisotopic (exact) mass is 386 g/mol. The first kappa shape index (κ1) is 20.2. The van der Waals surface area contributed by atoms with E-state index in [1.54, 1.807) is 0 Å². The summed E-state index contributed by atoms with van der Waals surface area (Å²) in [6, 6.07) is 4.75. The molecule has 2 rings (SSSR count). The van der Waals surface area contributed by atoms with Gasteiger partial charge in [-0.15, -0.1) is 0 Å². The van der Waals surface area contributed by atoms with Gasteiger partial charge in [-0.2, -0.15) is 0 Å². The largest absolute Gasteiger partial charge is 0.381 e. The number of non-ortho nitro benzene ring substituents is 1. The number of nitro groups is 1. The van der Waals surface area contributed by atoms with Crippen molar-refractivity contribution < 1.29 is 22.9 Å². The van der Waals surface area contributed by atoms with Crippen molar-refractivity contribution in [2.75, 3.05) is 32.8 Å². The van der Waals surface area contributed by atoms with Crippen molar-refractivity contribution in [3.8, 4) is 0 Å². The molecular weight excluding hydrogens is 364 g/mol. The third kappa shape index (κ3) is 4.75.